The summed E-state index contributed by atoms with van der Waals surface area (Å²) in [6.07, 6.45) is 8.33. The van der Waals surface area contributed by atoms with Gasteiger partial charge >= 0.3 is 0 Å². The molecule has 4 fully saturated rings. The summed E-state index contributed by atoms with van der Waals surface area (Å²) >= 11 is 0. The molecule has 37 heavy (non-hydrogen) atoms. The van der Waals surface area contributed by atoms with Gasteiger partial charge in [-0.15, -0.1) is 0 Å². The van der Waals surface area contributed by atoms with Crippen molar-refractivity contribution in [3.8, 4) is 0 Å². The van der Waals surface area contributed by atoms with Crippen molar-refractivity contribution < 1.29 is 19.0 Å². The van der Waals surface area contributed by atoms with Crippen LogP contribution in [0.15, 0.2) is 35.4 Å². The van der Waals surface area contributed by atoms with Crippen LogP contribution in [-0.2, 0) is 13.9 Å². The third-order valence-electron chi connectivity index (χ3n) is 10.5. The van der Waals surface area contributed by atoms with Gasteiger partial charge in [0.2, 0.25) is 0 Å². The zero-order valence-corrected chi connectivity index (χ0v) is 24.8. The molecule has 1 aromatic rings. The van der Waals surface area contributed by atoms with Crippen LogP contribution in [0.3, 0.4) is 0 Å². The van der Waals surface area contributed by atoms with Crippen molar-refractivity contribution >= 4 is 14.0 Å². The van der Waals surface area contributed by atoms with Gasteiger partial charge in [-0.05, 0) is 98.7 Å². The normalized spacial score (nSPS) is 38.9. The second kappa shape index (κ2) is 8.92. The molecule has 6 atom stereocenters. The van der Waals surface area contributed by atoms with Crippen LogP contribution in [-0.4, -0.2) is 58.2 Å². The summed E-state index contributed by atoms with van der Waals surface area (Å²) in [6.45, 7) is 10.8. The maximum atomic E-state index is 12.4. The van der Waals surface area contributed by atoms with Gasteiger partial charge in [0.05, 0.1) is 24.9 Å². The molecular formula is C31H47NO4Si. The highest BCUT2D eigenvalue weighted by molar-refractivity contribution is 6.69. The molecular weight excluding hydrogens is 478 g/mol. The molecule has 5 aliphatic rings. The summed E-state index contributed by atoms with van der Waals surface area (Å²) in [5.41, 5.74) is 4.78. The lowest BCUT2D eigenvalue weighted by Gasteiger charge is -2.56. The van der Waals surface area contributed by atoms with E-state index in [0.29, 0.717) is 37.6 Å². The van der Waals surface area contributed by atoms with E-state index in [1.165, 1.54) is 36.1 Å². The van der Waals surface area contributed by atoms with E-state index < -0.39 is 19.7 Å². The lowest BCUT2D eigenvalue weighted by atomic mass is 9.53. The predicted molar refractivity (Wildman–Crippen MR) is 150 cm³/mol. The van der Waals surface area contributed by atoms with Crippen LogP contribution in [0.4, 0.5) is 5.69 Å². The van der Waals surface area contributed by atoms with Gasteiger partial charge < -0.3 is 23.9 Å². The average Bonchev–Trinajstić information content (AvgIpc) is 3.41. The Bertz CT molecular complexity index is 1060. The second-order valence-corrected chi connectivity index (χ2v) is 18.5. The highest BCUT2D eigenvalue weighted by atomic mass is 28.4. The quantitative estimate of drug-likeness (QED) is 0.372. The Morgan fingerprint density at radius 2 is 1.70 bits per heavy atom. The number of aliphatic hydroxyl groups is 1. The lowest BCUT2D eigenvalue weighted by Crippen LogP contribution is -2.55. The van der Waals surface area contributed by atoms with Gasteiger partial charge in [0.1, 0.15) is 0 Å². The fourth-order valence-electron chi connectivity index (χ4n) is 8.90. The molecule has 1 spiro atoms. The summed E-state index contributed by atoms with van der Waals surface area (Å²) in [6, 6.07) is 8.97. The van der Waals surface area contributed by atoms with E-state index in [-0.39, 0.29) is 11.3 Å². The van der Waals surface area contributed by atoms with E-state index in [0.717, 1.165) is 25.7 Å². The number of fused-ring (bicyclic) bond motifs is 4. The van der Waals surface area contributed by atoms with E-state index in [1.54, 1.807) is 5.57 Å². The molecule has 6 heteroatoms. The first-order chi connectivity index (χ1) is 17.4. The molecule has 0 amide bonds. The van der Waals surface area contributed by atoms with Crippen LogP contribution < -0.4 is 4.90 Å². The molecule has 5 nitrogen and oxygen atoms in total. The Labute approximate surface area is 224 Å². The molecule has 0 unspecified atom stereocenters. The highest BCUT2D eigenvalue weighted by Crippen LogP contribution is 2.64. The molecule has 0 bridgehead atoms. The van der Waals surface area contributed by atoms with E-state index in [1.807, 2.05) is 0 Å². The Balaban J connectivity index is 1.40. The van der Waals surface area contributed by atoms with Crippen LogP contribution in [0.2, 0.25) is 19.6 Å². The van der Waals surface area contributed by atoms with Crippen LogP contribution in [0.25, 0.3) is 0 Å². The molecule has 1 aromatic carbocycles. The molecule has 1 N–H and O–H groups in total. The first kappa shape index (κ1) is 26.1. The number of benzene rings is 1. The molecule has 0 radical (unpaired) electrons. The Morgan fingerprint density at radius 1 is 1.00 bits per heavy atom. The van der Waals surface area contributed by atoms with Crippen molar-refractivity contribution in [1.82, 2.24) is 0 Å². The van der Waals surface area contributed by atoms with Gasteiger partial charge in [-0.3, -0.25) is 0 Å². The summed E-state index contributed by atoms with van der Waals surface area (Å²) in [7, 11) is 2.57. The minimum absolute atomic E-state index is 0.130. The van der Waals surface area contributed by atoms with Gasteiger partial charge in [-0.2, -0.15) is 0 Å². The predicted octanol–water partition coefficient (Wildman–Crippen LogP) is 6.24. The van der Waals surface area contributed by atoms with Gasteiger partial charge in [0.15, 0.2) is 14.1 Å². The fourth-order valence-corrected chi connectivity index (χ4v) is 10.1. The zero-order valence-electron chi connectivity index (χ0n) is 23.8. The van der Waals surface area contributed by atoms with Crippen molar-refractivity contribution in [2.75, 3.05) is 32.2 Å². The molecule has 0 aromatic heterocycles. The first-order valence-electron chi connectivity index (χ1n) is 14.6. The fraction of sp³-hybridized carbons (Fsp3) is 0.742. The molecule has 204 valence electrons. The molecule has 1 saturated heterocycles. The van der Waals surface area contributed by atoms with Gasteiger partial charge in [0.25, 0.3) is 0 Å². The minimum Gasteiger partial charge on any atom is -0.414 e. The summed E-state index contributed by atoms with van der Waals surface area (Å²) in [5, 5.41) is 12.4. The number of hydrogen-bond donors (Lipinski definition) is 1. The van der Waals surface area contributed by atoms with Gasteiger partial charge in [-0.25, -0.2) is 0 Å². The van der Waals surface area contributed by atoms with E-state index in [9.17, 15) is 5.11 Å². The summed E-state index contributed by atoms with van der Waals surface area (Å²) in [5.74, 6) is 0.683. The number of ether oxygens (including phenoxy) is 2. The Hall–Kier alpha value is -1.18. The third kappa shape index (κ3) is 4.35. The molecule has 1 heterocycles. The van der Waals surface area contributed by atoms with E-state index >= 15 is 0 Å². The minimum atomic E-state index is -1.60. The first-order valence-corrected chi connectivity index (χ1v) is 18.0. The second-order valence-electron chi connectivity index (χ2n) is 14.1. The third-order valence-corrected chi connectivity index (χ3v) is 11.4. The zero-order chi connectivity index (χ0) is 26.2. The molecule has 3 saturated carbocycles. The van der Waals surface area contributed by atoms with E-state index in [2.05, 4.69) is 69.8 Å². The number of hydrogen-bond acceptors (Lipinski definition) is 5. The van der Waals surface area contributed by atoms with Crippen molar-refractivity contribution in [2.45, 2.75) is 101 Å². The van der Waals surface area contributed by atoms with Gasteiger partial charge in [0, 0.05) is 38.5 Å². The topological polar surface area (TPSA) is 51.2 Å². The van der Waals surface area contributed by atoms with Crippen molar-refractivity contribution in [1.29, 1.82) is 0 Å². The Kier molecular flexibility index (Phi) is 6.28. The number of nitrogens with zero attached hydrogens (tertiary/aromatic N) is 1. The monoisotopic (exact) mass is 525 g/mol. The van der Waals surface area contributed by atoms with Crippen LogP contribution in [0.5, 0.6) is 0 Å². The lowest BCUT2D eigenvalue weighted by molar-refractivity contribution is -0.211. The maximum Gasteiger partial charge on any atom is 0.184 e. The standard InChI is InChI=1S/C31H47NO4Si/c1-29-15-13-24-23(26(29)11-12-27(29)36-37(4,5)6)14-16-30(33)20-31(34-17-18-35-31)19-25(28(24)30)21-7-9-22(10-8-21)32(2)3/h7-10,23,25-27,33H,11-20H2,1-6H3/t23-,25+,26+,27+,29+,30-/m1/s1. The van der Waals surface area contributed by atoms with Crippen LogP contribution >= 0.6 is 0 Å². The smallest absolute Gasteiger partial charge is 0.184 e. The van der Waals surface area contributed by atoms with E-state index in [4.69, 9.17) is 13.9 Å². The average molecular weight is 526 g/mol. The van der Waals surface area contributed by atoms with Gasteiger partial charge in [-0.1, -0.05) is 24.6 Å². The summed E-state index contributed by atoms with van der Waals surface area (Å²) < 4.78 is 19.3. The molecule has 6 rings (SSSR count). The number of allylic oxidation sites excluding steroid dienone is 1. The Morgan fingerprint density at radius 3 is 2.35 bits per heavy atom. The van der Waals surface area contributed by atoms with Crippen LogP contribution in [0.1, 0.15) is 69.8 Å². The number of anilines is 1. The highest BCUT2D eigenvalue weighted by Gasteiger charge is 2.61. The van der Waals surface area contributed by atoms with Crippen LogP contribution in [0, 0.1) is 17.3 Å². The van der Waals surface area contributed by atoms with Crippen molar-refractivity contribution in [3.63, 3.8) is 0 Å². The number of rotatable bonds is 4. The van der Waals surface area contributed by atoms with Crippen molar-refractivity contribution in [2.24, 2.45) is 17.3 Å². The maximum absolute atomic E-state index is 12.4. The summed E-state index contributed by atoms with van der Waals surface area (Å²) in [4.78, 5) is 2.14. The molecule has 1 aliphatic heterocycles. The molecule has 4 aliphatic carbocycles. The largest absolute Gasteiger partial charge is 0.414 e. The SMILES string of the molecule is CN(C)c1ccc([C@@H]2CC3(C[C@]4(O)CC[C@@H]5C(=C24)CC[C@]2(C)[C@@H](O[Si](C)(C)C)CC[C@@H]52)OCCO3)cc1. The van der Waals surface area contributed by atoms with Crippen molar-refractivity contribution in [3.05, 3.63) is 41.0 Å².